The lowest BCUT2D eigenvalue weighted by Gasteiger charge is -2.36. The van der Waals surface area contributed by atoms with Crippen LogP contribution in [0.5, 0.6) is 5.75 Å². The Morgan fingerprint density at radius 1 is 1.19 bits per heavy atom. The summed E-state index contributed by atoms with van der Waals surface area (Å²) in [4.78, 5) is 12.6. The number of rotatable bonds is 8. The third-order valence-corrected chi connectivity index (χ3v) is 7.33. The van der Waals surface area contributed by atoms with Crippen molar-refractivity contribution in [1.82, 2.24) is 5.43 Å². The number of aliphatic hydroxyl groups excluding tert-OH is 2. The first-order valence-corrected chi connectivity index (χ1v) is 13.0. The van der Waals surface area contributed by atoms with Crippen molar-refractivity contribution in [3.05, 3.63) is 85.5 Å². The topological polar surface area (TPSA) is 100 Å². The summed E-state index contributed by atoms with van der Waals surface area (Å²) < 4.78 is 12.0. The van der Waals surface area contributed by atoms with Crippen molar-refractivity contribution >= 4 is 46.7 Å². The highest BCUT2D eigenvalue weighted by Gasteiger charge is 2.37. The number of carbonyl (C=O) groups is 1. The van der Waals surface area contributed by atoms with Gasteiger partial charge in [0.25, 0.3) is 5.91 Å². The van der Waals surface area contributed by atoms with Gasteiger partial charge in [-0.3, -0.25) is 4.79 Å². The van der Waals surface area contributed by atoms with Crippen molar-refractivity contribution in [2.45, 2.75) is 44.2 Å². The first-order valence-electron chi connectivity index (χ1n) is 11.4. The number of hydrogen-bond acceptors (Lipinski definition) is 7. The van der Waals surface area contributed by atoms with Gasteiger partial charge in [0, 0.05) is 11.4 Å². The molecule has 0 spiro atoms. The van der Waals surface area contributed by atoms with Crippen molar-refractivity contribution in [3.63, 3.8) is 0 Å². The molecule has 36 heavy (non-hydrogen) atoms. The highest BCUT2D eigenvalue weighted by molar-refractivity contribution is 7.17. The second-order valence-electron chi connectivity index (χ2n) is 8.32. The van der Waals surface area contributed by atoms with Crippen LogP contribution in [0.25, 0.3) is 0 Å². The van der Waals surface area contributed by atoms with E-state index >= 15 is 0 Å². The summed E-state index contributed by atoms with van der Waals surface area (Å²) in [7, 11) is 0. The van der Waals surface area contributed by atoms with Crippen molar-refractivity contribution in [2.75, 3.05) is 6.61 Å². The molecular weight excluding hydrogens is 523 g/mol. The first-order chi connectivity index (χ1) is 17.3. The van der Waals surface area contributed by atoms with Gasteiger partial charge < -0.3 is 19.7 Å². The maximum absolute atomic E-state index is 12.1. The van der Waals surface area contributed by atoms with Crippen molar-refractivity contribution in [3.8, 4) is 5.75 Å². The molecule has 1 saturated heterocycles. The Bertz CT molecular complexity index is 1220. The fraction of sp³-hybridized carbons (Fsp3) is 0.308. The zero-order chi connectivity index (χ0) is 25.7. The van der Waals surface area contributed by atoms with Crippen LogP contribution >= 0.6 is 34.5 Å². The van der Waals surface area contributed by atoms with Gasteiger partial charge in [-0.25, -0.2) is 5.43 Å². The predicted molar refractivity (Wildman–Crippen MR) is 141 cm³/mol. The Morgan fingerprint density at radius 2 is 1.97 bits per heavy atom. The molecule has 1 amide bonds. The summed E-state index contributed by atoms with van der Waals surface area (Å²) >= 11 is 13.5. The van der Waals surface area contributed by atoms with Crippen molar-refractivity contribution in [1.29, 1.82) is 0 Å². The van der Waals surface area contributed by atoms with Crippen LogP contribution in [0.3, 0.4) is 0 Å². The van der Waals surface area contributed by atoms with E-state index in [-0.39, 0.29) is 6.42 Å². The summed E-state index contributed by atoms with van der Waals surface area (Å²) in [6, 6.07) is 16.4. The molecule has 0 saturated carbocycles. The van der Waals surface area contributed by atoms with E-state index in [0.29, 0.717) is 32.8 Å². The molecule has 190 valence electrons. The van der Waals surface area contributed by atoms with Gasteiger partial charge in [-0.2, -0.15) is 5.10 Å². The Balaban J connectivity index is 1.45. The number of benzene rings is 2. The predicted octanol–water partition coefficient (Wildman–Crippen LogP) is 5.01. The van der Waals surface area contributed by atoms with E-state index in [1.807, 2.05) is 37.3 Å². The van der Waals surface area contributed by atoms with Crippen LogP contribution in [0.1, 0.15) is 45.8 Å². The van der Waals surface area contributed by atoms with Crippen LogP contribution < -0.4 is 10.2 Å². The number of hydrogen-bond donors (Lipinski definition) is 3. The molecule has 0 radical (unpaired) electrons. The number of carbonyl (C=O) groups excluding carboxylic acids is 1. The van der Waals surface area contributed by atoms with Crippen LogP contribution in [-0.4, -0.2) is 47.3 Å². The van der Waals surface area contributed by atoms with E-state index < -0.39 is 30.3 Å². The fourth-order valence-electron chi connectivity index (χ4n) is 3.94. The minimum atomic E-state index is -1.13. The summed E-state index contributed by atoms with van der Waals surface area (Å²) in [5.41, 5.74) is 5.02. The van der Waals surface area contributed by atoms with Crippen LogP contribution in [0, 0.1) is 0 Å². The molecule has 1 aromatic heterocycles. The second-order valence-corrected chi connectivity index (χ2v) is 10.4. The van der Waals surface area contributed by atoms with Crippen LogP contribution in [0.15, 0.2) is 59.7 Å². The molecule has 10 heteroatoms. The molecule has 4 atom stereocenters. The van der Waals surface area contributed by atoms with E-state index in [1.54, 1.807) is 24.3 Å². The SMILES string of the molecule is CCOc1ccc(Cc2cc([C@@H]3OC(/C=N/NC(=O)c4ccc(Cl)s4)C[C@H](O)[C@H]3O)ccc2Cl)cc1. The van der Waals surface area contributed by atoms with Gasteiger partial charge in [-0.15, -0.1) is 11.3 Å². The van der Waals surface area contributed by atoms with Gasteiger partial charge in [-0.1, -0.05) is 47.5 Å². The molecule has 0 aliphatic carbocycles. The maximum atomic E-state index is 12.1. The van der Waals surface area contributed by atoms with Crippen LogP contribution in [-0.2, 0) is 11.2 Å². The molecule has 1 aliphatic heterocycles. The van der Waals surface area contributed by atoms with Crippen LogP contribution in [0.2, 0.25) is 9.36 Å². The lowest BCUT2D eigenvalue weighted by molar-refractivity contribution is -0.152. The molecule has 2 aromatic carbocycles. The summed E-state index contributed by atoms with van der Waals surface area (Å²) in [5, 5.41) is 25.7. The quantitative estimate of drug-likeness (QED) is 0.271. The molecule has 7 nitrogen and oxygen atoms in total. The molecule has 1 fully saturated rings. The standard InChI is InChI=1S/C26H26Cl2N2O5S/c1-2-34-18-6-3-15(4-7-18)11-17-12-16(5-8-20(17)27)25-24(32)21(31)13-19(35-25)14-29-30-26(33)22-9-10-23(28)36-22/h3-10,12,14,19,21,24-25,31-32H,2,11,13H2,1H3,(H,30,33)/b29-14+/t19?,21-,24+,25-/m0/s1. The zero-order valence-corrected chi connectivity index (χ0v) is 21.8. The average molecular weight is 549 g/mol. The third-order valence-electron chi connectivity index (χ3n) is 5.73. The minimum absolute atomic E-state index is 0.133. The van der Waals surface area contributed by atoms with Gasteiger partial charge in [0.2, 0.25) is 0 Å². The smallest absolute Gasteiger partial charge is 0.281 e. The van der Waals surface area contributed by atoms with E-state index in [2.05, 4.69) is 10.5 Å². The number of amides is 1. The molecule has 4 rings (SSSR count). The van der Waals surface area contributed by atoms with Gasteiger partial charge in [0.05, 0.1) is 34.2 Å². The monoisotopic (exact) mass is 548 g/mol. The number of ether oxygens (including phenoxy) is 2. The highest BCUT2D eigenvalue weighted by atomic mass is 35.5. The molecule has 2 heterocycles. The van der Waals surface area contributed by atoms with Gasteiger partial charge in [0.15, 0.2) is 0 Å². The fourth-order valence-corrected chi connectivity index (χ4v) is 5.06. The minimum Gasteiger partial charge on any atom is -0.494 e. The summed E-state index contributed by atoms with van der Waals surface area (Å²) in [6.45, 7) is 2.54. The molecule has 1 aliphatic rings. The summed E-state index contributed by atoms with van der Waals surface area (Å²) in [5.74, 6) is 0.407. The van der Waals surface area contributed by atoms with E-state index in [1.165, 1.54) is 6.21 Å². The molecule has 3 aromatic rings. The second kappa shape index (κ2) is 12.2. The normalized spacial score (nSPS) is 22.0. The lowest BCUT2D eigenvalue weighted by Crippen LogP contribution is -2.44. The maximum Gasteiger partial charge on any atom is 0.281 e. The Morgan fingerprint density at radius 3 is 2.67 bits per heavy atom. The van der Waals surface area contributed by atoms with Gasteiger partial charge in [0.1, 0.15) is 18.0 Å². The number of nitrogens with one attached hydrogen (secondary N) is 1. The number of aliphatic hydroxyl groups is 2. The Kier molecular flexibility index (Phi) is 9.00. The largest absolute Gasteiger partial charge is 0.494 e. The zero-order valence-electron chi connectivity index (χ0n) is 19.4. The highest BCUT2D eigenvalue weighted by Crippen LogP contribution is 2.34. The molecule has 3 N–H and O–H groups in total. The Hall–Kier alpha value is -2.46. The van der Waals surface area contributed by atoms with E-state index in [9.17, 15) is 15.0 Å². The molecular formula is C26H26Cl2N2O5S. The number of nitrogens with zero attached hydrogens (tertiary/aromatic N) is 1. The number of halogens is 2. The van der Waals surface area contributed by atoms with Crippen molar-refractivity contribution < 1.29 is 24.5 Å². The van der Waals surface area contributed by atoms with Gasteiger partial charge in [-0.05, 0) is 60.4 Å². The molecule has 0 bridgehead atoms. The van der Waals surface area contributed by atoms with Gasteiger partial charge >= 0.3 is 0 Å². The average Bonchev–Trinajstić information content (AvgIpc) is 3.30. The van der Waals surface area contributed by atoms with Crippen molar-refractivity contribution in [2.24, 2.45) is 5.10 Å². The number of hydrazone groups is 1. The van der Waals surface area contributed by atoms with E-state index in [4.69, 9.17) is 32.7 Å². The third kappa shape index (κ3) is 6.64. The van der Waals surface area contributed by atoms with E-state index in [0.717, 1.165) is 28.2 Å². The molecule has 1 unspecified atom stereocenters. The Labute approximate surface area is 223 Å². The number of thiophene rings is 1. The van der Waals surface area contributed by atoms with Crippen LogP contribution in [0.4, 0.5) is 0 Å². The lowest BCUT2D eigenvalue weighted by atomic mass is 9.92. The summed E-state index contributed by atoms with van der Waals surface area (Å²) in [6.07, 6.45) is -1.46. The first kappa shape index (κ1) is 26.6.